The van der Waals surface area contributed by atoms with E-state index in [0.717, 1.165) is 45.2 Å². The normalized spacial score (nSPS) is 36.2. The maximum atomic E-state index is 11.0. The van der Waals surface area contributed by atoms with Crippen LogP contribution in [0.15, 0.2) is 0 Å². The second-order valence-electron chi connectivity index (χ2n) is 5.88. The third-order valence-corrected chi connectivity index (χ3v) is 4.98. The van der Waals surface area contributed by atoms with Gasteiger partial charge in [-0.05, 0) is 45.7 Å². The highest BCUT2D eigenvalue weighted by Gasteiger charge is 2.50. The Morgan fingerprint density at radius 1 is 1.06 bits per heavy atom. The predicted octanol–water partition coefficient (Wildman–Crippen LogP) is 1.35. The zero-order valence-electron chi connectivity index (χ0n) is 10.5. The number of aliphatic hydroxyl groups is 1. The SMILES string of the molecule is CN1CCCC(O)(C2(CN)CCCC2)CC1. The minimum absolute atomic E-state index is 0.0260. The Labute approximate surface area is 99.0 Å². The van der Waals surface area contributed by atoms with E-state index in [2.05, 4.69) is 11.9 Å². The number of nitrogens with zero attached hydrogens (tertiary/aromatic N) is 1. The molecule has 0 aromatic rings. The van der Waals surface area contributed by atoms with Gasteiger partial charge in [-0.25, -0.2) is 0 Å². The number of hydrogen-bond acceptors (Lipinski definition) is 3. The molecule has 1 aliphatic carbocycles. The van der Waals surface area contributed by atoms with E-state index in [-0.39, 0.29) is 5.41 Å². The molecule has 0 aromatic carbocycles. The molecular formula is C13H26N2O. The van der Waals surface area contributed by atoms with E-state index in [1.165, 1.54) is 12.8 Å². The van der Waals surface area contributed by atoms with Crippen molar-refractivity contribution in [1.82, 2.24) is 4.90 Å². The average molecular weight is 226 g/mol. The minimum Gasteiger partial charge on any atom is -0.389 e. The van der Waals surface area contributed by atoms with Crippen LogP contribution in [-0.2, 0) is 0 Å². The van der Waals surface area contributed by atoms with Crippen molar-refractivity contribution in [3.63, 3.8) is 0 Å². The van der Waals surface area contributed by atoms with Gasteiger partial charge in [0.1, 0.15) is 0 Å². The van der Waals surface area contributed by atoms with E-state index < -0.39 is 5.60 Å². The third kappa shape index (κ3) is 2.01. The van der Waals surface area contributed by atoms with Gasteiger partial charge in [0.2, 0.25) is 0 Å². The largest absolute Gasteiger partial charge is 0.389 e. The number of rotatable bonds is 2. The number of nitrogens with two attached hydrogens (primary N) is 1. The quantitative estimate of drug-likeness (QED) is 0.747. The van der Waals surface area contributed by atoms with Gasteiger partial charge < -0.3 is 15.7 Å². The van der Waals surface area contributed by atoms with Crippen molar-refractivity contribution in [2.24, 2.45) is 11.1 Å². The van der Waals surface area contributed by atoms with Gasteiger partial charge in [0.15, 0.2) is 0 Å². The Morgan fingerprint density at radius 2 is 1.75 bits per heavy atom. The zero-order chi connectivity index (χ0) is 11.6. The van der Waals surface area contributed by atoms with Crippen molar-refractivity contribution in [3.8, 4) is 0 Å². The second-order valence-corrected chi connectivity index (χ2v) is 5.88. The number of hydrogen-bond donors (Lipinski definition) is 2. The van der Waals surface area contributed by atoms with E-state index in [1.54, 1.807) is 0 Å². The average Bonchev–Trinajstić information content (AvgIpc) is 2.70. The van der Waals surface area contributed by atoms with Crippen LogP contribution >= 0.6 is 0 Å². The highest BCUT2D eigenvalue weighted by Crippen LogP contribution is 2.49. The number of likely N-dealkylation sites (tertiary alicyclic amines) is 1. The van der Waals surface area contributed by atoms with E-state index in [0.29, 0.717) is 6.54 Å². The molecule has 16 heavy (non-hydrogen) atoms. The molecule has 1 aliphatic heterocycles. The predicted molar refractivity (Wildman–Crippen MR) is 66.3 cm³/mol. The van der Waals surface area contributed by atoms with Crippen molar-refractivity contribution in [2.45, 2.75) is 50.5 Å². The van der Waals surface area contributed by atoms with Crippen LogP contribution in [0.3, 0.4) is 0 Å². The molecule has 0 radical (unpaired) electrons. The topological polar surface area (TPSA) is 49.5 Å². The molecule has 3 N–H and O–H groups in total. The first kappa shape index (κ1) is 12.3. The molecule has 94 valence electrons. The summed E-state index contributed by atoms with van der Waals surface area (Å²) >= 11 is 0. The van der Waals surface area contributed by atoms with Crippen molar-refractivity contribution >= 4 is 0 Å². The van der Waals surface area contributed by atoms with Gasteiger partial charge in [0.25, 0.3) is 0 Å². The molecule has 0 amide bonds. The highest BCUT2D eigenvalue weighted by atomic mass is 16.3. The molecule has 2 fully saturated rings. The van der Waals surface area contributed by atoms with Gasteiger partial charge in [-0.1, -0.05) is 12.8 Å². The zero-order valence-corrected chi connectivity index (χ0v) is 10.5. The maximum Gasteiger partial charge on any atom is 0.0728 e. The summed E-state index contributed by atoms with van der Waals surface area (Å²) in [6.07, 6.45) is 7.70. The van der Waals surface area contributed by atoms with Crippen molar-refractivity contribution in [3.05, 3.63) is 0 Å². The first-order valence-electron chi connectivity index (χ1n) is 6.73. The van der Waals surface area contributed by atoms with Crippen LogP contribution in [0.2, 0.25) is 0 Å². The van der Waals surface area contributed by atoms with Gasteiger partial charge in [-0.15, -0.1) is 0 Å². The molecule has 2 rings (SSSR count). The summed E-state index contributed by atoms with van der Waals surface area (Å²) in [4.78, 5) is 2.33. The molecule has 3 heteroatoms. The fraction of sp³-hybridized carbons (Fsp3) is 1.00. The Bertz CT molecular complexity index is 238. The van der Waals surface area contributed by atoms with Crippen molar-refractivity contribution in [2.75, 3.05) is 26.7 Å². The second kappa shape index (κ2) is 4.63. The monoisotopic (exact) mass is 226 g/mol. The summed E-state index contributed by atoms with van der Waals surface area (Å²) in [7, 11) is 2.15. The Kier molecular flexibility index (Phi) is 3.57. The van der Waals surface area contributed by atoms with Crippen molar-refractivity contribution < 1.29 is 5.11 Å². The van der Waals surface area contributed by atoms with Crippen LogP contribution in [0.1, 0.15) is 44.9 Å². The fourth-order valence-electron chi connectivity index (χ4n) is 3.70. The Hall–Kier alpha value is -0.120. The summed E-state index contributed by atoms with van der Waals surface area (Å²) in [5, 5.41) is 11.0. The molecule has 2 aliphatic rings. The van der Waals surface area contributed by atoms with Gasteiger partial charge in [0.05, 0.1) is 5.60 Å². The first-order valence-corrected chi connectivity index (χ1v) is 6.73. The Balaban J connectivity index is 2.15. The molecule has 1 atom stereocenters. The van der Waals surface area contributed by atoms with Crippen LogP contribution in [0.5, 0.6) is 0 Å². The van der Waals surface area contributed by atoms with Crippen molar-refractivity contribution in [1.29, 1.82) is 0 Å². The van der Waals surface area contributed by atoms with E-state index in [4.69, 9.17) is 5.73 Å². The lowest BCUT2D eigenvalue weighted by molar-refractivity contribution is -0.0881. The minimum atomic E-state index is -0.497. The first-order chi connectivity index (χ1) is 7.62. The molecule has 0 aromatic heterocycles. The smallest absolute Gasteiger partial charge is 0.0728 e. The molecule has 1 unspecified atom stereocenters. The molecule has 1 saturated carbocycles. The standard InChI is InChI=1S/C13H26N2O/c1-15-9-4-7-13(16,8-10-15)12(11-14)5-2-3-6-12/h16H,2-11,14H2,1H3. The van der Waals surface area contributed by atoms with Crippen LogP contribution in [0.25, 0.3) is 0 Å². The lowest BCUT2D eigenvalue weighted by atomic mass is 9.67. The van der Waals surface area contributed by atoms with Crippen LogP contribution in [0, 0.1) is 5.41 Å². The molecule has 1 heterocycles. The Morgan fingerprint density at radius 3 is 2.38 bits per heavy atom. The summed E-state index contributed by atoms with van der Waals surface area (Å²) < 4.78 is 0. The molecular weight excluding hydrogens is 200 g/mol. The maximum absolute atomic E-state index is 11.0. The van der Waals surface area contributed by atoms with Gasteiger partial charge in [-0.2, -0.15) is 0 Å². The lowest BCUT2D eigenvalue weighted by Crippen LogP contribution is -2.51. The summed E-state index contributed by atoms with van der Waals surface area (Å²) in [5.74, 6) is 0. The van der Waals surface area contributed by atoms with E-state index >= 15 is 0 Å². The third-order valence-electron chi connectivity index (χ3n) is 4.98. The molecule has 0 bridgehead atoms. The van der Waals surface area contributed by atoms with Gasteiger partial charge >= 0.3 is 0 Å². The van der Waals surface area contributed by atoms with Crippen LogP contribution < -0.4 is 5.73 Å². The van der Waals surface area contributed by atoms with Gasteiger partial charge in [-0.3, -0.25) is 0 Å². The molecule has 3 nitrogen and oxygen atoms in total. The summed E-state index contributed by atoms with van der Waals surface area (Å²) in [6, 6.07) is 0. The molecule has 1 saturated heterocycles. The molecule has 0 spiro atoms. The summed E-state index contributed by atoms with van der Waals surface area (Å²) in [5.41, 5.74) is 5.53. The van der Waals surface area contributed by atoms with Crippen LogP contribution in [-0.4, -0.2) is 42.3 Å². The summed E-state index contributed by atoms with van der Waals surface area (Å²) in [6.45, 7) is 2.79. The fourth-order valence-corrected chi connectivity index (χ4v) is 3.70. The highest BCUT2D eigenvalue weighted by molar-refractivity contribution is 5.03. The lowest BCUT2D eigenvalue weighted by Gasteiger charge is -2.44. The van der Waals surface area contributed by atoms with E-state index in [9.17, 15) is 5.11 Å². The van der Waals surface area contributed by atoms with Gasteiger partial charge in [0, 0.05) is 18.5 Å². The van der Waals surface area contributed by atoms with E-state index in [1.807, 2.05) is 0 Å². The van der Waals surface area contributed by atoms with Crippen LogP contribution in [0.4, 0.5) is 0 Å².